The molecule has 3 rings (SSSR count). The number of hydrogen-bond acceptors (Lipinski definition) is 2. The van der Waals surface area contributed by atoms with Gasteiger partial charge in [-0.25, -0.2) is 0 Å². The van der Waals surface area contributed by atoms with E-state index in [2.05, 4.69) is 43.0 Å². The third-order valence-electron chi connectivity index (χ3n) is 5.09. The fraction of sp³-hybridized carbons (Fsp3) is 0.588. The third kappa shape index (κ3) is 2.35. The van der Waals surface area contributed by atoms with E-state index in [1.807, 2.05) is 6.07 Å². The van der Waals surface area contributed by atoms with Crippen molar-refractivity contribution in [1.29, 1.82) is 0 Å². The zero-order valence-electron chi connectivity index (χ0n) is 12.4. The van der Waals surface area contributed by atoms with E-state index in [1.165, 1.54) is 5.56 Å². The topological polar surface area (TPSA) is 46.3 Å². The molecule has 20 heavy (non-hydrogen) atoms. The Hall–Kier alpha value is -1.35. The van der Waals surface area contributed by atoms with Crippen LogP contribution in [0.5, 0.6) is 0 Å². The monoisotopic (exact) mass is 272 g/mol. The molecule has 1 unspecified atom stereocenters. The van der Waals surface area contributed by atoms with Gasteiger partial charge in [-0.15, -0.1) is 0 Å². The fourth-order valence-electron chi connectivity index (χ4n) is 3.48. The molecule has 108 valence electrons. The molecule has 1 saturated heterocycles. The van der Waals surface area contributed by atoms with Crippen LogP contribution in [0.4, 0.5) is 0 Å². The van der Waals surface area contributed by atoms with Crippen molar-refractivity contribution in [1.82, 2.24) is 4.90 Å². The summed E-state index contributed by atoms with van der Waals surface area (Å²) in [5.41, 5.74) is 7.45. The molecule has 1 aliphatic carbocycles. The van der Waals surface area contributed by atoms with E-state index in [9.17, 15) is 4.79 Å². The number of carbonyl (C=O) groups excluding carboxylic acids is 1. The smallest absolute Gasteiger partial charge is 0.226 e. The number of nitrogens with zero attached hydrogens (tertiary/aromatic N) is 1. The second-order valence-corrected chi connectivity index (χ2v) is 7.00. The van der Waals surface area contributed by atoms with Gasteiger partial charge in [0.1, 0.15) is 0 Å². The highest BCUT2D eigenvalue weighted by Gasteiger charge is 2.53. The molecule has 1 aliphatic heterocycles. The van der Waals surface area contributed by atoms with Crippen LogP contribution >= 0.6 is 0 Å². The Kier molecular flexibility index (Phi) is 3.33. The van der Waals surface area contributed by atoms with Crippen LogP contribution in [0.25, 0.3) is 0 Å². The minimum absolute atomic E-state index is 0.208. The maximum atomic E-state index is 12.5. The molecule has 2 aliphatic rings. The lowest BCUT2D eigenvalue weighted by atomic mass is 9.89. The summed E-state index contributed by atoms with van der Waals surface area (Å²) < 4.78 is 0. The Morgan fingerprint density at radius 2 is 1.95 bits per heavy atom. The van der Waals surface area contributed by atoms with Crippen molar-refractivity contribution < 1.29 is 4.79 Å². The Morgan fingerprint density at radius 3 is 2.50 bits per heavy atom. The van der Waals surface area contributed by atoms with Crippen LogP contribution in [0.3, 0.4) is 0 Å². The zero-order chi connectivity index (χ0) is 14.3. The second-order valence-electron chi connectivity index (χ2n) is 7.00. The van der Waals surface area contributed by atoms with Gasteiger partial charge in [-0.2, -0.15) is 0 Å². The summed E-state index contributed by atoms with van der Waals surface area (Å²) in [6, 6.07) is 10.5. The number of rotatable bonds is 3. The molecule has 1 amide bonds. The average molecular weight is 272 g/mol. The Balaban J connectivity index is 1.73. The molecule has 2 N–H and O–H groups in total. The van der Waals surface area contributed by atoms with Gasteiger partial charge in [0.15, 0.2) is 0 Å². The van der Waals surface area contributed by atoms with Gasteiger partial charge in [0.2, 0.25) is 5.91 Å². The van der Waals surface area contributed by atoms with Gasteiger partial charge in [-0.05, 0) is 29.9 Å². The largest absolute Gasteiger partial charge is 0.341 e. The van der Waals surface area contributed by atoms with E-state index in [-0.39, 0.29) is 11.3 Å². The Bertz CT molecular complexity index is 497. The lowest BCUT2D eigenvalue weighted by Crippen LogP contribution is -2.32. The average Bonchev–Trinajstić information content (AvgIpc) is 2.90. The highest BCUT2D eigenvalue weighted by molar-refractivity contribution is 5.83. The summed E-state index contributed by atoms with van der Waals surface area (Å²) in [7, 11) is 0. The van der Waals surface area contributed by atoms with Crippen LogP contribution in [0, 0.1) is 17.3 Å². The van der Waals surface area contributed by atoms with Crippen LogP contribution in [-0.2, 0) is 4.79 Å². The van der Waals surface area contributed by atoms with Crippen molar-refractivity contribution in [3.8, 4) is 0 Å². The SMILES string of the molecule is CC1(C)CC1C(=O)N1C[C@@H](CN)[C@H](c2ccccc2)C1. The van der Waals surface area contributed by atoms with E-state index in [1.54, 1.807) is 0 Å². The minimum atomic E-state index is 0.208. The first-order valence-electron chi connectivity index (χ1n) is 7.57. The summed E-state index contributed by atoms with van der Waals surface area (Å²) in [5, 5.41) is 0. The first-order valence-corrected chi connectivity index (χ1v) is 7.57. The molecule has 1 aromatic carbocycles. The predicted octanol–water partition coefficient (Wildman–Crippen LogP) is 2.23. The first kappa shape index (κ1) is 13.6. The van der Waals surface area contributed by atoms with Gasteiger partial charge in [0.05, 0.1) is 0 Å². The maximum Gasteiger partial charge on any atom is 0.226 e. The fourth-order valence-corrected chi connectivity index (χ4v) is 3.48. The van der Waals surface area contributed by atoms with Gasteiger partial charge >= 0.3 is 0 Å². The van der Waals surface area contributed by atoms with Gasteiger partial charge in [0, 0.05) is 24.9 Å². The number of benzene rings is 1. The number of nitrogens with two attached hydrogens (primary N) is 1. The number of hydrogen-bond donors (Lipinski definition) is 1. The summed E-state index contributed by atoms with van der Waals surface area (Å²) in [6.45, 7) is 6.66. The summed E-state index contributed by atoms with van der Waals surface area (Å²) in [6.07, 6.45) is 1.03. The lowest BCUT2D eigenvalue weighted by molar-refractivity contribution is -0.132. The van der Waals surface area contributed by atoms with E-state index in [4.69, 9.17) is 5.73 Å². The predicted molar refractivity (Wildman–Crippen MR) is 80.2 cm³/mol. The van der Waals surface area contributed by atoms with Crippen LogP contribution in [-0.4, -0.2) is 30.4 Å². The van der Waals surface area contributed by atoms with Crippen molar-refractivity contribution in [2.45, 2.75) is 26.2 Å². The van der Waals surface area contributed by atoms with Gasteiger partial charge < -0.3 is 10.6 Å². The molecule has 0 aromatic heterocycles. The van der Waals surface area contributed by atoms with E-state index < -0.39 is 0 Å². The number of carbonyl (C=O) groups is 1. The molecule has 3 heteroatoms. The molecule has 1 heterocycles. The lowest BCUT2D eigenvalue weighted by Gasteiger charge is -2.17. The summed E-state index contributed by atoms with van der Waals surface area (Å²) in [5.74, 6) is 1.36. The van der Waals surface area contributed by atoms with Gasteiger partial charge in [-0.1, -0.05) is 44.2 Å². The quantitative estimate of drug-likeness (QED) is 0.917. The third-order valence-corrected chi connectivity index (χ3v) is 5.09. The van der Waals surface area contributed by atoms with Crippen LogP contribution in [0.15, 0.2) is 30.3 Å². The maximum absolute atomic E-state index is 12.5. The van der Waals surface area contributed by atoms with Crippen LogP contribution in [0.2, 0.25) is 0 Å². The molecule has 1 aromatic rings. The highest BCUT2D eigenvalue weighted by atomic mass is 16.2. The van der Waals surface area contributed by atoms with E-state index in [0.717, 1.165) is 19.5 Å². The van der Waals surface area contributed by atoms with Crippen molar-refractivity contribution in [2.75, 3.05) is 19.6 Å². The Labute approximate surface area is 121 Å². The normalized spacial score (nSPS) is 31.4. The molecule has 2 fully saturated rings. The van der Waals surface area contributed by atoms with Crippen molar-refractivity contribution in [2.24, 2.45) is 23.0 Å². The first-order chi connectivity index (χ1) is 9.53. The van der Waals surface area contributed by atoms with Crippen LogP contribution < -0.4 is 5.73 Å². The molecule has 0 bridgehead atoms. The zero-order valence-corrected chi connectivity index (χ0v) is 12.4. The second kappa shape index (κ2) is 4.88. The minimum Gasteiger partial charge on any atom is -0.341 e. The van der Waals surface area contributed by atoms with Gasteiger partial charge in [0.25, 0.3) is 0 Å². The molecule has 0 spiro atoms. The van der Waals surface area contributed by atoms with E-state index in [0.29, 0.717) is 24.3 Å². The molecule has 0 radical (unpaired) electrons. The standard InChI is InChI=1S/C17H24N2O/c1-17(2)8-15(17)16(20)19-10-13(9-18)14(11-19)12-6-4-3-5-7-12/h3-7,13-15H,8-11,18H2,1-2H3/t13-,14+,15?/m1/s1. The summed E-state index contributed by atoms with van der Waals surface area (Å²) >= 11 is 0. The van der Waals surface area contributed by atoms with Crippen molar-refractivity contribution in [3.63, 3.8) is 0 Å². The Morgan fingerprint density at radius 1 is 1.30 bits per heavy atom. The highest BCUT2D eigenvalue weighted by Crippen LogP contribution is 2.53. The van der Waals surface area contributed by atoms with Crippen LogP contribution in [0.1, 0.15) is 31.7 Å². The molecular formula is C17H24N2O. The molecular weight excluding hydrogens is 248 g/mol. The van der Waals surface area contributed by atoms with Crippen molar-refractivity contribution >= 4 is 5.91 Å². The van der Waals surface area contributed by atoms with E-state index >= 15 is 0 Å². The number of likely N-dealkylation sites (tertiary alicyclic amines) is 1. The molecule has 1 saturated carbocycles. The molecule has 3 atom stereocenters. The van der Waals surface area contributed by atoms with Crippen molar-refractivity contribution in [3.05, 3.63) is 35.9 Å². The van der Waals surface area contributed by atoms with Gasteiger partial charge in [-0.3, -0.25) is 4.79 Å². The summed E-state index contributed by atoms with van der Waals surface area (Å²) in [4.78, 5) is 14.6. The number of amides is 1. The molecule has 3 nitrogen and oxygen atoms in total.